The Morgan fingerprint density at radius 1 is 1.21 bits per heavy atom. The van der Waals surface area contributed by atoms with E-state index in [1.807, 2.05) is 0 Å². The number of benzene rings is 1. The Morgan fingerprint density at radius 2 is 2.00 bits per heavy atom. The normalized spacial score (nSPS) is 25.2. The fourth-order valence-electron chi connectivity index (χ4n) is 3.33. The molecule has 2 heterocycles. The van der Waals surface area contributed by atoms with Gasteiger partial charge in [0, 0.05) is 36.9 Å². The highest BCUT2D eigenvalue weighted by Crippen LogP contribution is 2.24. The first-order valence-electron chi connectivity index (χ1n) is 7.23. The molecule has 19 heavy (non-hydrogen) atoms. The van der Waals surface area contributed by atoms with Gasteiger partial charge in [-0.2, -0.15) is 0 Å². The maximum Gasteiger partial charge on any atom is 0.129 e. The summed E-state index contributed by atoms with van der Waals surface area (Å²) >= 11 is 0. The minimum Gasteiger partial charge on any atom is -0.398 e. The van der Waals surface area contributed by atoms with Gasteiger partial charge in [-0.3, -0.25) is 9.80 Å². The van der Waals surface area contributed by atoms with Crippen LogP contribution in [0.15, 0.2) is 18.2 Å². The minimum atomic E-state index is -0.176. The molecular weight excluding hydrogens is 241 g/mol. The first-order valence-corrected chi connectivity index (χ1v) is 7.23. The van der Waals surface area contributed by atoms with Gasteiger partial charge in [-0.25, -0.2) is 4.39 Å². The van der Waals surface area contributed by atoms with E-state index in [0.717, 1.165) is 13.1 Å². The van der Waals surface area contributed by atoms with Gasteiger partial charge in [-0.1, -0.05) is 6.07 Å². The molecule has 1 aromatic carbocycles. The van der Waals surface area contributed by atoms with Crippen LogP contribution in [0.25, 0.3) is 0 Å². The maximum atomic E-state index is 13.8. The number of hydrogen-bond donors (Lipinski definition) is 1. The first kappa shape index (κ1) is 12.9. The molecule has 3 nitrogen and oxygen atoms in total. The van der Waals surface area contributed by atoms with E-state index in [4.69, 9.17) is 5.73 Å². The Labute approximate surface area is 114 Å². The third kappa shape index (κ3) is 2.74. The molecule has 1 atom stereocenters. The summed E-state index contributed by atoms with van der Waals surface area (Å²) in [6.45, 7) is 5.21. The number of nitrogen functional groups attached to an aromatic ring is 1. The van der Waals surface area contributed by atoms with Crippen LogP contribution in [0.4, 0.5) is 10.1 Å². The number of anilines is 1. The fraction of sp³-hybridized carbons (Fsp3) is 0.600. The van der Waals surface area contributed by atoms with E-state index in [1.54, 1.807) is 12.1 Å². The zero-order valence-corrected chi connectivity index (χ0v) is 11.3. The number of hydrogen-bond acceptors (Lipinski definition) is 3. The largest absolute Gasteiger partial charge is 0.398 e. The summed E-state index contributed by atoms with van der Waals surface area (Å²) in [7, 11) is 0. The van der Waals surface area contributed by atoms with Crippen molar-refractivity contribution in [3.63, 3.8) is 0 Å². The molecule has 2 saturated heterocycles. The highest BCUT2D eigenvalue weighted by atomic mass is 19.1. The van der Waals surface area contributed by atoms with Crippen LogP contribution in [0.3, 0.4) is 0 Å². The molecule has 2 aliphatic heterocycles. The van der Waals surface area contributed by atoms with Gasteiger partial charge in [0.25, 0.3) is 0 Å². The highest BCUT2D eigenvalue weighted by molar-refractivity contribution is 5.47. The van der Waals surface area contributed by atoms with E-state index in [1.165, 1.54) is 38.4 Å². The lowest BCUT2D eigenvalue weighted by Gasteiger charge is -2.24. The molecule has 0 amide bonds. The zero-order chi connectivity index (χ0) is 13.2. The van der Waals surface area contributed by atoms with E-state index >= 15 is 0 Å². The van der Waals surface area contributed by atoms with Gasteiger partial charge in [0.2, 0.25) is 0 Å². The van der Waals surface area contributed by atoms with Crippen molar-refractivity contribution in [3.8, 4) is 0 Å². The van der Waals surface area contributed by atoms with Crippen molar-refractivity contribution in [1.29, 1.82) is 0 Å². The Hall–Kier alpha value is -1.13. The van der Waals surface area contributed by atoms with Crippen molar-refractivity contribution in [2.45, 2.75) is 31.8 Å². The average Bonchev–Trinajstić information content (AvgIpc) is 3.04. The van der Waals surface area contributed by atoms with Crippen molar-refractivity contribution in [1.82, 2.24) is 9.80 Å². The molecular formula is C15H22FN3. The van der Waals surface area contributed by atoms with E-state index in [-0.39, 0.29) is 5.82 Å². The third-order valence-electron chi connectivity index (χ3n) is 4.44. The molecule has 2 fully saturated rings. The highest BCUT2D eigenvalue weighted by Gasteiger charge is 2.29. The lowest BCUT2D eigenvalue weighted by atomic mass is 10.1. The van der Waals surface area contributed by atoms with Crippen LogP contribution in [0.5, 0.6) is 0 Å². The summed E-state index contributed by atoms with van der Waals surface area (Å²) in [4.78, 5) is 4.92. The van der Waals surface area contributed by atoms with Crippen LogP contribution >= 0.6 is 0 Å². The van der Waals surface area contributed by atoms with Gasteiger partial charge in [-0.05, 0) is 44.5 Å². The van der Waals surface area contributed by atoms with Crippen LogP contribution in [-0.4, -0.2) is 42.0 Å². The minimum absolute atomic E-state index is 0.176. The summed E-state index contributed by atoms with van der Waals surface area (Å²) in [5, 5.41) is 0. The smallest absolute Gasteiger partial charge is 0.129 e. The molecule has 0 bridgehead atoms. The SMILES string of the molecule is Nc1cccc(F)c1CN1CCC(N2CCCC2)C1. The van der Waals surface area contributed by atoms with Crippen LogP contribution in [0, 0.1) is 5.82 Å². The number of likely N-dealkylation sites (tertiary alicyclic amines) is 2. The van der Waals surface area contributed by atoms with E-state index in [0.29, 0.717) is 23.8 Å². The molecule has 2 aliphatic rings. The summed E-state index contributed by atoms with van der Waals surface area (Å²) in [5.41, 5.74) is 7.11. The van der Waals surface area contributed by atoms with Crippen LogP contribution in [0.2, 0.25) is 0 Å². The van der Waals surface area contributed by atoms with Crippen LogP contribution in [0.1, 0.15) is 24.8 Å². The average molecular weight is 263 g/mol. The van der Waals surface area contributed by atoms with Gasteiger partial charge >= 0.3 is 0 Å². The zero-order valence-electron chi connectivity index (χ0n) is 11.3. The predicted molar refractivity (Wildman–Crippen MR) is 75.3 cm³/mol. The number of rotatable bonds is 3. The Bertz CT molecular complexity index is 423. The van der Waals surface area contributed by atoms with Gasteiger partial charge in [-0.15, -0.1) is 0 Å². The molecule has 1 unspecified atom stereocenters. The van der Waals surface area contributed by atoms with E-state index in [2.05, 4.69) is 9.80 Å². The topological polar surface area (TPSA) is 32.5 Å². The molecule has 2 N–H and O–H groups in total. The monoisotopic (exact) mass is 263 g/mol. The van der Waals surface area contributed by atoms with Gasteiger partial charge in [0.15, 0.2) is 0 Å². The number of nitrogens with zero attached hydrogens (tertiary/aromatic N) is 2. The summed E-state index contributed by atoms with van der Waals surface area (Å²) < 4.78 is 13.8. The Morgan fingerprint density at radius 3 is 2.74 bits per heavy atom. The van der Waals surface area contributed by atoms with E-state index in [9.17, 15) is 4.39 Å². The number of nitrogens with two attached hydrogens (primary N) is 1. The third-order valence-corrected chi connectivity index (χ3v) is 4.44. The fourth-order valence-corrected chi connectivity index (χ4v) is 3.33. The van der Waals surface area contributed by atoms with Crippen molar-refractivity contribution >= 4 is 5.69 Å². The van der Waals surface area contributed by atoms with E-state index < -0.39 is 0 Å². The molecule has 0 spiro atoms. The quantitative estimate of drug-likeness (QED) is 0.847. The Kier molecular flexibility index (Phi) is 3.71. The molecule has 104 valence electrons. The number of halogens is 1. The molecule has 1 aromatic rings. The summed E-state index contributed by atoms with van der Waals surface area (Å²) in [5.74, 6) is -0.176. The molecule has 0 radical (unpaired) electrons. The maximum absolute atomic E-state index is 13.8. The van der Waals surface area contributed by atoms with Crippen molar-refractivity contribution in [3.05, 3.63) is 29.6 Å². The summed E-state index contributed by atoms with van der Waals surface area (Å²) in [6.07, 6.45) is 3.86. The van der Waals surface area contributed by atoms with Crippen molar-refractivity contribution < 1.29 is 4.39 Å². The lowest BCUT2D eigenvalue weighted by molar-refractivity contribution is 0.229. The van der Waals surface area contributed by atoms with Gasteiger partial charge in [0.1, 0.15) is 5.82 Å². The first-order chi connectivity index (χ1) is 9.24. The lowest BCUT2D eigenvalue weighted by Crippen LogP contribution is -2.35. The van der Waals surface area contributed by atoms with Crippen molar-refractivity contribution in [2.75, 3.05) is 31.9 Å². The van der Waals surface area contributed by atoms with Crippen LogP contribution in [-0.2, 0) is 6.54 Å². The molecule has 0 aromatic heterocycles. The molecule has 0 aliphatic carbocycles. The van der Waals surface area contributed by atoms with Gasteiger partial charge < -0.3 is 5.73 Å². The predicted octanol–water partition coefficient (Wildman–Crippen LogP) is 2.08. The van der Waals surface area contributed by atoms with Gasteiger partial charge in [0.05, 0.1) is 0 Å². The molecule has 4 heteroatoms. The van der Waals surface area contributed by atoms with Crippen LogP contribution < -0.4 is 5.73 Å². The standard InChI is InChI=1S/C15H22FN3/c16-14-4-3-5-15(17)13(14)11-18-9-6-12(10-18)19-7-1-2-8-19/h3-5,12H,1-2,6-11,17H2. The van der Waals surface area contributed by atoms with Crippen molar-refractivity contribution in [2.24, 2.45) is 0 Å². The molecule has 0 saturated carbocycles. The Balaban J connectivity index is 1.62. The molecule has 3 rings (SSSR count). The second-order valence-corrected chi connectivity index (χ2v) is 5.73. The summed E-state index contributed by atoms with van der Waals surface area (Å²) in [6, 6.07) is 5.62. The second-order valence-electron chi connectivity index (χ2n) is 5.73. The second kappa shape index (κ2) is 5.47.